The molecule has 0 radical (unpaired) electrons. The van der Waals surface area contributed by atoms with Crippen LogP contribution in [-0.4, -0.2) is 92.3 Å². The van der Waals surface area contributed by atoms with Crippen molar-refractivity contribution in [3.05, 3.63) is 0 Å². The fraction of sp³-hybridized carbons (Fsp3) is 1.00. The number of nitrogens with zero attached hydrogens (tertiary/aromatic N) is 3. The minimum absolute atomic E-state index is 0.0929. The SMILES string of the molecule is CN1CCN(C2COC3(C2)CN(S(=O)(=O)C2CC2)C3)CC1. The standard InChI is InChI=1S/C14H25N3O3S/c1-15-4-6-16(7-5-15)12-8-14(20-9-12)10-17(11-14)21(18,19)13-2-3-13/h12-13H,2-11H2,1H3. The summed E-state index contributed by atoms with van der Waals surface area (Å²) in [7, 11) is -0.846. The van der Waals surface area contributed by atoms with E-state index in [-0.39, 0.29) is 10.9 Å². The predicted octanol–water partition coefficient (Wildman–Crippen LogP) is -0.431. The van der Waals surface area contributed by atoms with Crippen molar-refractivity contribution < 1.29 is 13.2 Å². The van der Waals surface area contributed by atoms with E-state index in [2.05, 4.69) is 16.8 Å². The summed E-state index contributed by atoms with van der Waals surface area (Å²) in [4.78, 5) is 4.88. The molecule has 0 amide bonds. The molecule has 120 valence electrons. The van der Waals surface area contributed by atoms with Crippen molar-refractivity contribution in [3.8, 4) is 0 Å². The highest BCUT2D eigenvalue weighted by molar-refractivity contribution is 7.90. The summed E-state index contributed by atoms with van der Waals surface area (Å²) in [6, 6.07) is 0.476. The molecular weight excluding hydrogens is 290 g/mol. The van der Waals surface area contributed by atoms with Crippen molar-refractivity contribution in [1.29, 1.82) is 0 Å². The van der Waals surface area contributed by atoms with Gasteiger partial charge >= 0.3 is 0 Å². The van der Waals surface area contributed by atoms with Gasteiger partial charge in [0, 0.05) is 45.3 Å². The molecule has 7 heteroatoms. The van der Waals surface area contributed by atoms with Crippen molar-refractivity contribution in [1.82, 2.24) is 14.1 Å². The molecule has 1 spiro atoms. The highest BCUT2D eigenvalue weighted by Gasteiger charge is 2.56. The van der Waals surface area contributed by atoms with Gasteiger partial charge in [-0.25, -0.2) is 8.42 Å². The molecule has 0 N–H and O–H groups in total. The predicted molar refractivity (Wildman–Crippen MR) is 79.7 cm³/mol. The molecule has 6 nitrogen and oxygen atoms in total. The Hall–Kier alpha value is -0.210. The molecular formula is C14H25N3O3S. The normalized spacial score (nSPS) is 35.2. The summed E-state index contributed by atoms with van der Waals surface area (Å²) in [6.45, 7) is 6.36. The largest absolute Gasteiger partial charge is 0.371 e. The highest BCUT2D eigenvalue weighted by Crippen LogP contribution is 2.42. The average Bonchev–Trinajstić information content (AvgIpc) is 3.18. The van der Waals surface area contributed by atoms with Gasteiger partial charge in [-0.1, -0.05) is 0 Å². The van der Waals surface area contributed by atoms with Crippen molar-refractivity contribution in [2.24, 2.45) is 0 Å². The smallest absolute Gasteiger partial charge is 0.217 e. The summed E-state index contributed by atoms with van der Waals surface area (Å²) in [5.41, 5.74) is -0.185. The van der Waals surface area contributed by atoms with Gasteiger partial charge in [-0.3, -0.25) is 4.90 Å². The number of rotatable bonds is 3. The van der Waals surface area contributed by atoms with Crippen LogP contribution in [0.4, 0.5) is 0 Å². The molecule has 1 aliphatic carbocycles. The van der Waals surface area contributed by atoms with Crippen LogP contribution < -0.4 is 0 Å². The Morgan fingerprint density at radius 2 is 1.76 bits per heavy atom. The van der Waals surface area contributed by atoms with E-state index in [1.54, 1.807) is 4.31 Å². The van der Waals surface area contributed by atoms with Crippen LogP contribution in [0, 0.1) is 0 Å². The van der Waals surface area contributed by atoms with Gasteiger partial charge in [-0.15, -0.1) is 0 Å². The Balaban J connectivity index is 1.33. The zero-order valence-electron chi connectivity index (χ0n) is 12.7. The van der Waals surface area contributed by atoms with Gasteiger partial charge in [0.05, 0.1) is 17.5 Å². The van der Waals surface area contributed by atoms with E-state index in [1.165, 1.54) is 0 Å². The van der Waals surface area contributed by atoms with Crippen LogP contribution in [0.15, 0.2) is 0 Å². The molecule has 1 atom stereocenters. The lowest BCUT2D eigenvalue weighted by molar-refractivity contribution is -0.0775. The molecule has 1 saturated carbocycles. The monoisotopic (exact) mass is 315 g/mol. The second kappa shape index (κ2) is 4.89. The fourth-order valence-electron chi connectivity index (χ4n) is 3.82. The summed E-state index contributed by atoms with van der Waals surface area (Å²) >= 11 is 0. The Morgan fingerprint density at radius 1 is 1.10 bits per heavy atom. The van der Waals surface area contributed by atoms with Gasteiger partial charge in [0.25, 0.3) is 0 Å². The van der Waals surface area contributed by atoms with Crippen molar-refractivity contribution in [2.45, 2.75) is 36.2 Å². The highest BCUT2D eigenvalue weighted by atomic mass is 32.2. The Labute approximate surface area is 127 Å². The summed E-state index contributed by atoms with van der Waals surface area (Å²) < 4.78 is 32.1. The maximum atomic E-state index is 12.2. The second-order valence-corrected chi connectivity index (χ2v) is 9.42. The zero-order chi connectivity index (χ0) is 14.7. The number of hydrogen-bond donors (Lipinski definition) is 0. The molecule has 0 bridgehead atoms. The van der Waals surface area contributed by atoms with Crippen LogP contribution in [0.5, 0.6) is 0 Å². The first-order valence-electron chi connectivity index (χ1n) is 8.04. The van der Waals surface area contributed by atoms with Gasteiger partial charge in [-0.05, 0) is 26.3 Å². The first kappa shape index (κ1) is 14.4. The van der Waals surface area contributed by atoms with Crippen LogP contribution in [0.25, 0.3) is 0 Å². The Bertz CT molecular complexity index is 506. The van der Waals surface area contributed by atoms with E-state index in [1.807, 2.05) is 0 Å². The van der Waals surface area contributed by atoms with Crippen LogP contribution in [0.3, 0.4) is 0 Å². The minimum atomic E-state index is -3.01. The van der Waals surface area contributed by atoms with Gasteiger partial charge < -0.3 is 9.64 Å². The molecule has 1 unspecified atom stereocenters. The molecule has 21 heavy (non-hydrogen) atoms. The lowest BCUT2D eigenvalue weighted by Gasteiger charge is -2.46. The number of hydrogen-bond acceptors (Lipinski definition) is 5. The maximum absolute atomic E-state index is 12.2. The van der Waals surface area contributed by atoms with Crippen molar-refractivity contribution in [2.75, 3.05) is 52.9 Å². The van der Waals surface area contributed by atoms with Crippen molar-refractivity contribution >= 4 is 10.0 Å². The summed E-state index contributed by atoms with van der Waals surface area (Å²) in [5.74, 6) is 0. The third kappa shape index (κ3) is 2.53. The maximum Gasteiger partial charge on any atom is 0.217 e. The first-order valence-corrected chi connectivity index (χ1v) is 9.54. The number of piperazine rings is 1. The van der Waals surface area contributed by atoms with Crippen molar-refractivity contribution in [3.63, 3.8) is 0 Å². The molecule has 0 aromatic rings. The number of ether oxygens (including phenoxy) is 1. The van der Waals surface area contributed by atoms with Gasteiger partial charge in [0.15, 0.2) is 0 Å². The first-order chi connectivity index (χ1) is 9.98. The topological polar surface area (TPSA) is 53.1 Å². The third-order valence-electron chi connectivity index (χ3n) is 5.48. The lowest BCUT2D eigenvalue weighted by atomic mass is 9.91. The van der Waals surface area contributed by atoms with E-state index >= 15 is 0 Å². The fourth-order valence-corrected chi connectivity index (χ4v) is 5.80. The van der Waals surface area contributed by atoms with E-state index in [9.17, 15) is 8.42 Å². The minimum Gasteiger partial charge on any atom is -0.371 e. The van der Waals surface area contributed by atoms with E-state index in [4.69, 9.17) is 4.74 Å². The molecule has 4 fully saturated rings. The summed E-state index contributed by atoms with van der Waals surface area (Å²) in [6.07, 6.45) is 2.68. The molecule has 3 saturated heterocycles. The van der Waals surface area contributed by atoms with E-state index < -0.39 is 10.0 Å². The number of likely N-dealkylation sites (N-methyl/N-ethyl adjacent to an activating group) is 1. The zero-order valence-corrected chi connectivity index (χ0v) is 13.5. The third-order valence-corrected chi connectivity index (χ3v) is 7.77. The molecule has 0 aromatic carbocycles. The molecule has 0 aromatic heterocycles. The quantitative estimate of drug-likeness (QED) is 0.707. The Kier molecular flexibility index (Phi) is 3.35. The number of sulfonamides is 1. The van der Waals surface area contributed by atoms with E-state index in [0.717, 1.165) is 52.0 Å². The lowest BCUT2D eigenvalue weighted by Crippen LogP contribution is -2.64. The van der Waals surface area contributed by atoms with Crippen LogP contribution >= 0.6 is 0 Å². The van der Waals surface area contributed by atoms with Gasteiger partial charge in [0.1, 0.15) is 0 Å². The average molecular weight is 315 g/mol. The van der Waals surface area contributed by atoms with Crippen LogP contribution in [0.1, 0.15) is 19.3 Å². The van der Waals surface area contributed by atoms with Crippen LogP contribution in [-0.2, 0) is 14.8 Å². The molecule has 4 rings (SSSR count). The molecule has 4 aliphatic rings. The van der Waals surface area contributed by atoms with Gasteiger partial charge in [-0.2, -0.15) is 4.31 Å². The second-order valence-electron chi connectivity index (χ2n) is 7.20. The molecule has 3 aliphatic heterocycles. The molecule has 3 heterocycles. The van der Waals surface area contributed by atoms with E-state index in [0.29, 0.717) is 19.1 Å². The van der Waals surface area contributed by atoms with Gasteiger partial charge in [0.2, 0.25) is 10.0 Å². The summed E-state index contributed by atoms with van der Waals surface area (Å²) in [5, 5.41) is -0.0929. The Morgan fingerprint density at radius 3 is 2.38 bits per heavy atom. The van der Waals surface area contributed by atoms with Crippen LogP contribution in [0.2, 0.25) is 0 Å².